The van der Waals surface area contributed by atoms with Crippen LogP contribution in [0, 0.1) is 11.3 Å². The van der Waals surface area contributed by atoms with Crippen molar-refractivity contribution >= 4 is 0 Å². The quantitative estimate of drug-likeness (QED) is 0.721. The van der Waals surface area contributed by atoms with Crippen molar-refractivity contribution in [3.05, 3.63) is 34.9 Å². The van der Waals surface area contributed by atoms with Gasteiger partial charge in [0.1, 0.15) is 0 Å². The number of rotatable bonds is 4. The highest BCUT2D eigenvalue weighted by molar-refractivity contribution is 5.39. The highest BCUT2D eigenvalue weighted by Gasteiger charge is 2.18. The fourth-order valence-corrected chi connectivity index (χ4v) is 2.13. The van der Waals surface area contributed by atoms with Gasteiger partial charge in [-0.25, -0.2) is 0 Å². The normalized spacial score (nSPS) is 14.8. The minimum absolute atomic E-state index is 0.762. The Kier molecular flexibility index (Phi) is 3.55. The second-order valence-corrected chi connectivity index (χ2v) is 4.15. The lowest BCUT2D eigenvalue weighted by Gasteiger charge is -2.13. The molecule has 1 aliphatic rings. The predicted octanol–water partition coefficient (Wildman–Crippen LogP) is 1.91. The van der Waals surface area contributed by atoms with Crippen molar-refractivity contribution in [2.75, 3.05) is 20.3 Å². The van der Waals surface area contributed by atoms with Gasteiger partial charge in [-0.3, -0.25) is 4.90 Å². The van der Waals surface area contributed by atoms with E-state index in [-0.39, 0.29) is 0 Å². The van der Waals surface area contributed by atoms with Crippen molar-refractivity contribution in [2.45, 2.75) is 19.5 Å². The third kappa shape index (κ3) is 2.41. The molecule has 0 spiro atoms. The molecule has 0 saturated heterocycles. The van der Waals surface area contributed by atoms with Crippen LogP contribution in [0.3, 0.4) is 0 Å². The highest BCUT2D eigenvalue weighted by atomic mass is 16.5. The minimum Gasteiger partial charge on any atom is -0.385 e. The largest absolute Gasteiger partial charge is 0.385 e. The molecule has 0 aliphatic carbocycles. The summed E-state index contributed by atoms with van der Waals surface area (Å²) in [5, 5.41) is 8.83. The minimum atomic E-state index is 0.762. The number of methoxy groups -OCH3 is 1. The lowest BCUT2D eigenvalue weighted by molar-refractivity contribution is 0.172. The molecule has 3 heteroatoms. The van der Waals surface area contributed by atoms with E-state index in [4.69, 9.17) is 10.00 Å². The molecule has 0 atom stereocenters. The molecule has 0 amide bonds. The Morgan fingerprint density at radius 3 is 2.94 bits per heavy atom. The fourth-order valence-electron chi connectivity index (χ4n) is 2.13. The molecule has 1 heterocycles. The molecule has 1 aromatic carbocycles. The van der Waals surface area contributed by atoms with Crippen LogP contribution in [-0.2, 0) is 17.8 Å². The van der Waals surface area contributed by atoms with Gasteiger partial charge in [-0.1, -0.05) is 6.07 Å². The van der Waals surface area contributed by atoms with E-state index in [0.29, 0.717) is 0 Å². The van der Waals surface area contributed by atoms with E-state index < -0.39 is 0 Å². The van der Waals surface area contributed by atoms with Crippen LogP contribution in [0.25, 0.3) is 0 Å². The summed E-state index contributed by atoms with van der Waals surface area (Å²) in [6, 6.07) is 8.16. The first-order valence-electron chi connectivity index (χ1n) is 5.56. The van der Waals surface area contributed by atoms with Gasteiger partial charge in [-0.05, 0) is 29.7 Å². The zero-order chi connectivity index (χ0) is 11.4. The van der Waals surface area contributed by atoms with Gasteiger partial charge in [0.2, 0.25) is 0 Å². The van der Waals surface area contributed by atoms with Gasteiger partial charge in [0.15, 0.2) is 0 Å². The standard InChI is InChI=1S/C13H16N2O/c1-16-6-2-5-15-9-12-4-3-11(8-14)7-13(12)10-15/h3-4,7H,2,5-6,9-10H2,1H3. The van der Waals surface area contributed by atoms with E-state index in [9.17, 15) is 0 Å². The topological polar surface area (TPSA) is 36.3 Å². The Labute approximate surface area is 96.2 Å². The lowest BCUT2D eigenvalue weighted by Crippen LogP contribution is -2.18. The monoisotopic (exact) mass is 216 g/mol. The fraction of sp³-hybridized carbons (Fsp3) is 0.462. The maximum atomic E-state index is 8.83. The number of nitriles is 1. The van der Waals surface area contributed by atoms with Gasteiger partial charge in [0, 0.05) is 33.4 Å². The van der Waals surface area contributed by atoms with Gasteiger partial charge in [0.05, 0.1) is 11.6 Å². The molecule has 1 aromatic rings. The predicted molar refractivity (Wildman–Crippen MR) is 61.8 cm³/mol. The van der Waals surface area contributed by atoms with Gasteiger partial charge in [-0.15, -0.1) is 0 Å². The summed E-state index contributed by atoms with van der Waals surface area (Å²) >= 11 is 0. The molecule has 0 aromatic heterocycles. The average molecular weight is 216 g/mol. The smallest absolute Gasteiger partial charge is 0.0991 e. The molecule has 0 fully saturated rings. The molecule has 16 heavy (non-hydrogen) atoms. The molecule has 3 nitrogen and oxygen atoms in total. The van der Waals surface area contributed by atoms with Crippen LogP contribution < -0.4 is 0 Å². The molecule has 0 unspecified atom stereocenters. The Morgan fingerprint density at radius 1 is 1.38 bits per heavy atom. The number of benzene rings is 1. The summed E-state index contributed by atoms with van der Waals surface area (Å²) in [6.07, 6.45) is 1.07. The summed E-state index contributed by atoms with van der Waals surface area (Å²) in [6.45, 7) is 3.85. The Hall–Kier alpha value is -1.37. The van der Waals surface area contributed by atoms with Gasteiger partial charge < -0.3 is 4.74 Å². The van der Waals surface area contributed by atoms with E-state index in [1.165, 1.54) is 11.1 Å². The summed E-state index contributed by atoms with van der Waals surface area (Å²) < 4.78 is 5.05. The zero-order valence-corrected chi connectivity index (χ0v) is 9.57. The third-order valence-corrected chi connectivity index (χ3v) is 2.95. The van der Waals surface area contributed by atoms with Crippen LogP contribution in [-0.4, -0.2) is 25.2 Å². The molecule has 0 bridgehead atoms. The first-order chi connectivity index (χ1) is 7.83. The van der Waals surface area contributed by atoms with Crippen LogP contribution in [0.15, 0.2) is 18.2 Å². The highest BCUT2D eigenvalue weighted by Crippen LogP contribution is 2.23. The van der Waals surface area contributed by atoms with E-state index in [0.717, 1.165) is 38.2 Å². The van der Waals surface area contributed by atoms with E-state index in [2.05, 4.69) is 17.0 Å². The summed E-state index contributed by atoms with van der Waals surface area (Å²) in [4.78, 5) is 2.39. The van der Waals surface area contributed by atoms with Gasteiger partial charge in [-0.2, -0.15) is 5.26 Å². The third-order valence-electron chi connectivity index (χ3n) is 2.95. The Bertz CT molecular complexity index is 409. The number of hydrogen-bond donors (Lipinski definition) is 0. The first kappa shape index (κ1) is 11.1. The van der Waals surface area contributed by atoms with Crippen molar-refractivity contribution in [1.82, 2.24) is 4.90 Å². The van der Waals surface area contributed by atoms with E-state index >= 15 is 0 Å². The van der Waals surface area contributed by atoms with Crippen LogP contribution in [0.1, 0.15) is 23.1 Å². The molecule has 2 rings (SSSR count). The Balaban J connectivity index is 1.96. The molecular formula is C13H16N2O. The van der Waals surface area contributed by atoms with Gasteiger partial charge in [0.25, 0.3) is 0 Å². The average Bonchev–Trinajstić information content (AvgIpc) is 2.70. The second-order valence-electron chi connectivity index (χ2n) is 4.15. The van der Waals surface area contributed by atoms with Crippen molar-refractivity contribution in [3.63, 3.8) is 0 Å². The maximum absolute atomic E-state index is 8.83. The number of hydrogen-bond acceptors (Lipinski definition) is 3. The lowest BCUT2D eigenvalue weighted by atomic mass is 10.1. The summed E-state index contributed by atoms with van der Waals surface area (Å²) in [7, 11) is 1.73. The number of fused-ring (bicyclic) bond motifs is 1. The Morgan fingerprint density at radius 2 is 2.19 bits per heavy atom. The SMILES string of the molecule is COCCCN1Cc2ccc(C#N)cc2C1. The molecule has 0 N–H and O–H groups in total. The molecule has 0 radical (unpaired) electrons. The summed E-state index contributed by atoms with van der Waals surface area (Å²) in [5.74, 6) is 0. The zero-order valence-electron chi connectivity index (χ0n) is 9.57. The molecule has 0 saturated carbocycles. The van der Waals surface area contributed by atoms with Crippen LogP contribution in [0.4, 0.5) is 0 Å². The molecule has 1 aliphatic heterocycles. The summed E-state index contributed by atoms with van der Waals surface area (Å²) in [5.41, 5.74) is 3.42. The number of nitrogens with zero attached hydrogens (tertiary/aromatic N) is 2. The van der Waals surface area contributed by atoms with Crippen LogP contribution >= 0.6 is 0 Å². The second kappa shape index (κ2) is 5.11. The van der Waals surface area contributed by atoms with Crippen molar-refractivity contribution < 1.29 is 4.74 Å². The van der Waals surface area contributed by atoms with Crippen molar-refractivity contribution in [3.8, 4) is 6.07 Å². The molecule has 84 valence electrons. The maximum Gasteiger partial charge on any atom is 0.0991 e. The van der Waals surface area contributed by atoms with Crippen molar-refractivity contribution in [1.29, 1.82) is 5.26 Å². The van der Waals surface area contributed by atoms with E-state index in [1.54, 1.807) is 7.11 Å². The molecular weight excluding hydrogens is 200 g/mol. The number of ether oxygens (including phenoxy) is 1. The van der Waals surface area contributed by atoms with Crippen molar-refractivity contribution in [2.24, 2.45) is 0 Å². The van der Waals surface area contributed by atoms with Crippen LogP contribution in [0.5, 0.6) is 0 Å². The van der Waals surface area contributed by atoms with E-state index in [1.807, 2.05) is 12.1 Å². The first-order valence-corrected chi connectivity index (χ1v) is 5.56. The van der Waals surface area contributed by atoms with Crippen LogP contribution in [0.2, 0.25) is 0 Å². The van der Waals surface area contributed by atoms with Gasteiger partial charge >= 0.3 is 0 Å².